The van der Waals surface area contributed by atoms with Gasteiger partial charge in [-0.05, 0) is 42.5 Å². The summed E-state index contributed by atoms with van der Waals surface area (Å²) in [5, 5.41) is 14.6. The molecule has 3 rings (SSSR count). The minimum absolute atomic E-state index is 0.126. The van der Waals surface area contributed by atoms with Crippen LogP contribution in [-0.4, -0.2) is 62.7 Å². The molecule has 5 N–H and O–H groups in total. The first kappa shape index (κ1) is 22.3. The molecule has 31 heavy (non-hydrogen) atoms. The van der Waals surface area contributed by atoms with Crippen molar-refractivity contribution in [2.75, 3.05) is 47.7 Å². The lowest BCUT2D eigenvalue weighted by molar-refractivity contribution is -0.139. The van der Waals surface area contributed by atoms with E-state index in [4.69, 9.17) is 14.4 Å². The minimum atomic E-state index is -4.65. The van der Waals surface area contributed by atoms with E-state index in [1.807, 2.05) is 16.9 Å². The van der Waals surface area contributed by atoms with Gasteiger partial charge in [0.25, 0.3) is 5.91 Å². The zero-order valence-corrected chi connectivity index (χ0v) is 17.2. The molecule has 0 unspecified atom stereocenters. The number of carbonyl (C=O) groups excluding carboxylic acids is 1. The topological polar surface area (TPSA) is 157 Å². The van der Waals surface area contributed by atoms with E-state index in [0.29, 0.717) is 5.56 Å². The second-order valence-corrected chi connectivity index (χ2v) is 7.86. The van der Waals surface area contributed by atoms with E-state index >= 15 is 0 Å². The first-order valence-electron chi connectivity index (χ1n) is 9.32. The van der Waals surface area contributed by atoms with Crippen molar-refractivity contribution in [3.8, 4) is 5.75 Å². The quantitative estimate of drug-likeness (QED) is 0.370. The van der Waals surface area contributed by atoms with Crippen LogP contribution < -0.4 is 25.0 Å². The molecule has 12 heteroatoms. The third kappa shape index (κ3) is 6.57. The number of nitrogens with zero attached hydrogens (tertiary/aromatic N) is 1. The minimum Gasteiger partial charge on any atom is -0.480 e. The normalized spacial score (nSPS) is 14.0. The highest BCUT2D eigenvalue weighted by molar-refractivity contribution is 7.87. The van der Waals surface area contributed by atoms with Crippen molar-refractivity contribution in [3.63, 3.8) is 0 Å². The Labute approximate surface area is 178 Å². The second kappa shape index (κ2) is 9.64. The summed E-state index contributed by atoms with van der Waals surface area (Å²) in [6, 6.07) is 11.0. The predicted octanol–water partition coefficient (Wildman–Crippen LogP) is 1.03. The van der Waals surface area contributed by atoms with E-state index in [2.05, 4.69) is 15.5 Å². The highest BCUT2D eigenvalue weighted by Crippen LogP contribution is 2.29. The molecular weight excluding hydrogens is 428 g/mol. The Morgan fingerprint density at radius 1 is 1.10 bits per heavy atom. The molecule has 2 aromatic carbocycles. The summed E-state index contributed by atoms with van der Waals surface area (Å²) in [5.74, 6) is -1.82. The van der Waals surface area contributed by atoms with Crippen LogP contribution in [0.25, 0.3) is 0 Å². The molecule has 0 atom stereocenters. The van der Waals surface area contributed by atoms with Crippen LogP contribution >= 0.6 is 0 Å². The molecule has 0 bridgehead atoms. The molecule has 0 aromatic heterocycles. The Hall–Kier alpha value is -3.35. The van der Waals surface area contributed by atoms with Crippen molar-refractivity contribution in [1.82, 2.24) is 5.32 Å². The number of hydrogen-bond donors (Lipinski definition) is 5. The third-order valence-corrected chi connectivity index (χ3v) is 4.92. The zero-order valence-electron chi connectivity index (χ0n) is 16.4. The zero-order chi connectivity index (χ0) is 22.4. The molecule has 166 valence electrons. The number of aliphatic carboxylic acids is 1. The number of ether oxygens (including phenoxy) is 1. The Morgan fingerprint density at radius 2 is 1.77 bits per heavy atom. The number of amides is 1. The Morgan fingerprint density at radius 3 is 2.39 bits per heavy atom. The first-order valence-corrected chi connectivity index (χ1v) is 10.8. The van der Waals surface area contributed by atoms with Gasteiger partial charge in [-0.3, -0.25) is 14.1 Å². The van der Waals surface area contributed by atoms with Gasteiger partial charge in [0, 0.05) is 43.1 Å². The van der Waals surface area contributed by atoms with Gasteiger partial charge in [0.15, 0.2) is 6.61 Å². The molecule has 2 aromatic rings. The Kier molecular flexibility index (Phi) is 6.95. The second-order valence-electron chi connectivity index (χ2n) is 6.71. The van der Waals surface area contributed by atoms with E-state index in [-0.39, 0.29) is 17.1 Å². The van der Waals surface area contributed by atoms with E-state index in [1.165, 1.54) is 18.2 Å². The summed E-state index contributed by atoms with van der Waals surface area (Å²) in [4.78, 5) is 25.5. The van der Waals surface area contributed by atoms with E-state index in [9.17, 15) is 18.0 Å². The maximum atomic E-state index is 12.6. The van der Waals surface area contributed by atoms with Gasteiger partial charge < -0.3 is 25.4 Å². The third-order valence-electron chi connectivity index (χ3n) is 4.44. The Bertz CT molecular complexity index is 1050. The molecular formula is C19H22N4O7S. The smallest absolute Gasteiger partial charge is 0.357 e. The van der Waals surface area contributed by atoms with Gasteiger partial charge in [-0.25, -0.2) is 4.79 Å². The summed E-state index contributed by atoms with van der Waals surface area (Å²) < 4.78 is 38.2. The largest absolute Gasteiger partial charge is 0.480 e. The van der Waals surface area contributed by atoms with Crippen LogP contribution in [0.15, 0.2) is 42.5 Å². The summed E-state index contributed by atoms with van der Waals surface area (Å²) in [6.45, 7) is 2.84. The molecule has 0 aliphatic carbocycles. The van der Waals surface area contributed by atoms with Crippen LogP contribution in [0, 0.1) is 0 Å². The van der Waals surface area contributed by atoms with E-state index in [0.717, 1.165) is 31.9 Å². The van der Waals surface area contributed by atoms with Crippen LogP contribution in [0.5, 0.6) is 5.75 Å². The standard InChI is InChI=1S/C19H22N4O7S/c24-18(25)12-30-17-6-3-14(11-16(17)22-31(27,28)29)21-19(26)13-1-4-15(5-2-13)23-9-7-20-8-10-23/h1-6,11,20,22H,7-10,12H2,(H,21,26)(H,24,25)(H,27,28,29). The number of anilines is 3. The molecule has 1 amide bonds. The summed E-state index contributed by atoms with van der Waals surface area (Å²) in [7, 11) is -4.65. The SMILES string of the molecule is O=C(O)COc1ccc(NC(=O)c2ccc(N3CCNCC3)cc2)cc1NS(=O)(=O)O. The number of carboxylic acid groups (broad SMARTS) is 1. The Balaban J connectivity index is 1.73. The molecule has 1 heterocycles. The van der Waals surface area contributed by atoms with Crippen LogP contribution in [-0.2, 0) is 15.1 Å². The van der Waals surface area contributed by atoms with E-state index < -0.39 is 28.8 Å². The average Bonchev–Trinajstić information content (AvgIpc) is 2.72. The number of carbonyl (C=O) groups is 2. The molecule has 11 nitrogen and oxygen atoms in total. The number of hydrogen-bond acceptors (Lipinski definition) is 7. The lowest BCUT2D eigenvalue weighted by atomic mass is 10.1. The lowest BCUT2D eigenvalue weighted by Gasteiger charge is -2.29. The van der Waals surface area contributed by atoms with Crippen molar-refractivity contribution < 1.29 is 32.4 Å². The molecule has 0 spiro atoms. The number of benzene rings is 2. The number of carboxylic acids is 1. The van der Waals surface area contributed by atoms with Crippen molar-refractivity contribution in [2.24, 2.45) is 0 Å². The summed E-state index contributed by atoms with van der Waals surface area (Å²) >= 11 is 0. The monoisotopic (exact) mass is 450 g/mol. The van der Waals surface area contributed by atoms with Crippen molar-refractivity contribution in [2.45, 2.75) is 0 Å². The first-order chi connectivity index (χ1) is 14.7. The van der Waals surface area contributed by atoms with Crippen LogP contribution in [0.1, 0.15) is 10.4 Å². The van der Waals surface area contributed by atoms with E-state index in [1.54, 1.807) is 12.1 Å². The predicted molar refractivity (Wildman–Crippen MR) is 114 cm³/mol. The van der Waals surface area contributed by atoms with Gasteiger partial charge in [0.1, 0.15) is 5.75 Å². The summed E-state index contributed by atoms with van der Waals surface area (Å²) in [6.07, 6.45) is 0. The van der Waals surface area contributed by atoms with Gasteiger partial charge in [-0.1, -0.05) is 0 Å². The molecule has 1 saturated heterocycles. The van der Waals surface area contributed by atoms with Crippen molar-refractivity contribution >= 4 is 39.2 Å². The fraction of sp³-hybridized carbons (Fsp3) is 0.263. The molecule has 1 aliphatic rings. The van der Waals surface area contributed by atoms with Crippen molar-refractivity contribution in [1.29, 1.82) is 0 Å². The summed E-state index contributed by atoms with van der Waals surface area (Å²) in [5.41, 5.74) is 1.40. The number of piperazine rings is 1. The van der Waals surface area contributed by atoms with Crippen LogP contribution in [0.2, 0.25) is 0 Å². The van der Waals surface area contributed by atoms with Gasteiger partial charge in [0.2, 0.25) is 0 Å². The fourth-order valence-corrected chi connectivity index (χ4v) is 3.48. The molecule has 1 aliphatic heterocycles. The average molecular weight is 450 g/mol. The van der Waals surface area contributed by atoms with Gasteiger partial charge in [-0.15, -0.1) is 0 Å². The fourth-order valence-electron chi connectivity index (χ4n) is 3.04. The molecule has 1 fully saturated rings. The van der Waals surface area contributed by atoms with Crippen molar-refractivity contribution in [3.05, 3.63) is 48.0 Å². The van der Waals surface area contributed by atoms with Gasteiger partial charge in [0.05, 0.1) is 5.69 Å². The highest BCUT2D eigenvalue weighted by Gasteiger charge is 2.15. The lowest BCUT2D eigenvalue weighted by Crippen LogP contribution is -2.43. The highest BCUT2D eigenvalue weighted by atomic mass is 32.2. The number of rotatable bonds is 8. The molecule has 0 radical (unpaired) electrons. The number of nitrogens with one attached hydrogen (secondary N) is 3. The van der Waals surface area contributed by atoms with Gasteiger partial charge in [-0.2, -0.15) is 8.42 Å². The van der Waals surface area contributed by atoms with Gasteiger partial charge >= 0.3 is 16.3 Å². The van der Waals surface area contributed by atoms with Crippen LogP contribution in [0.3, 0.4) is 0 Å². The maximum Gasteiger partial charge on any atom is 0.357 e. The van der Waals surface area contributed by atoms with Crippen LogP contribution in [0.4, 0.5) is 17.1 Å². The molecule has 0 saturated carbocycles. The maximum absolute atomic E-state index is 12.6.